The number of nitrogens with one attached hydrogen (secondary N) is 4. The van der Waals surface area contributed by atoms with Crippen molar-refractivity contribution in [1.82, 2.24) is 35.5 Å². The van der Waals surface area contributed by atoms with Gasteiger partial charge in [0.2, 0.25) is 5.91 Å². The van der Waals surface area contributed by atoms with Crippen molar-refractivity contribution in [2.75, 3.05) is 27.3 Å². The minimum Gasteiger partial charge on any atom is -0.453 e. The first kappa shape index (κ1) is 29.9. The lowest BCUT2D eigenvalue weighted by atomic mass is 9.99. The van der Waals surface area contributed by atoms with Crippen molar-refractivity contribution in [1.29, 1.82) is 0 Å². The normalized spacial score (nSPS) is 19.5. The van der Waals surface area contributed by atoms with E-state index < -0.39 is 18.2 Å². The summed E-state index contributed by atoms with van der Waals surface area (Å²) >= 11 is 0. The van der Waals surface area contributed by atoms with Gasteiger partial charge in [-0.2, -0.15) is 0 Å². The highest BCUT2D eigenvalue weighted by Gasteiger charge is 2.38. The van der Waals surface area contributed by atoms with Crippen LogP contribution in [0.3, 0.4) is 0 Å². The average molecular weight is 622 g/mol. The van der Waals surface area contributed by atoms with E-state index in [-0.39, 0.29) is 11.9 Å². The van der Waals surface area contributed by atoms with Gasteiger partial charge in [-0.25, -0.2) is 14.8 Å². The van der Waals surface area contributed by atoms with Gasteiger partial charge in [0.1, 0.15) is 17.7 Å². The molecule has 7 rings (SSSR count). The van der Waals surface area contributed by atoms with E-state index in [0.29, 0.717) is 12.6 Å². The zero-order valence-corrected chi connectivity index (χ0v) is 26.3. The molecule has 1 unspecified atom stereocenters. The molecule has 2 aromatic heterocycles. The number of aromatic amines is 2. The molecular weight excluding hydrogens is 582 g/mol. The SMILES string of the molecule is COC(=O)N[C@H](C(=O)N1CCCC1c1ncc(-c2ccc3cc(-c4ccc5[nH]c([C@@H]6CCCN6)nc5c4)ccc3c2)[nH]1)[C@@H](C)OC. The highest BCUT2D eigenvalue weighted by atomic mass is 16.5. The molecule has 5 aromatic rings. The van der Waals surface area contributed by atoms with Crippen molar-refractivity contribution in [2.45, 2.75) is 56.8 Å². The van der Waals surface area contributed by atoms with Crippen LogP contribution in [0.1, 0.15) is 56.3 Å². The fraction of sp³-hybridized carbons (Fsp3) is 0.371. The van der Waals surface area contributed by atoms with E-state index in [0.717, 1.165) is 81.6 Å². The maximum atomic E-state index is 13.6. The van der Waals surface area contributed by atoms with Crippen LogP contribution in [0.4, 0.5) is 4.79 Å². The Balaban J connectivity index is 1.10. The number of hydrogen-bond donors (Lipinski definition) is 4. The number of hydrogen-bond acceptors (Lipinski definition) is 7. The lowest BCUT2D eigenvalue weighted by Gasteiger charge is -2.30. The molecule has 2 aliphatic rings. The van der Waals surface area contributed by atoms with Crippen LogP contribution >= 0.6 is 0 Å². The van der Waals surface area contributed by atoms with Gasteiger partial charge < -0.3 is 35.0 Å². The lowest BCUT2D eigenvalue weighted by Crippen LogP contribution is -2.54. The molecule has 2 saturated heterocycles. The highest BCUT2D eigenvalue weighted by Crippen LogP contribution is 2.34. The molecule has 238 valence electrons. The number of rotatable bonds is 8. The summed E-state index contributed by atoms with van der Waals surface area (Å²) in [7, 11) is 2.78. The first-order valence-corrected chi connectivity index (χ1v) is 15.9. The van der Waals surface area contributed by atoms with Gasteiger partial charge in [-0.1, -0.05) is 30.3 Å². The van der Waals surface area contributed by atoms with Crippen LogP contribution in [0.15, 0.2) is 60.8 Å². The highest BCUT2D eigenvalue weighted by molar-refractivity contribution is 5.92. The minimum absolute atomic E-state index is 0.223. The molecule has 4 heterocycles. The fourth-order valence-electron chi connectivity index (χ4n) is 6.73. The number of fused-ring (bicyclic) bond motifs is 2. The number of imidazole rings is 2. The summed E-state index contributed by atoms with van der Waals surface area (Å²) in [6.45, 7) is 3.36. The Morgan fingerprint density at radius 2 is 1.70 bits per heavy atom. The third-order valence-corrected chi connectivity index (χ3v) is 9.39. The first-order valence-electron chi connectivity index (χ1n) is 15.9. The third-order valence-electron chi connectivity index (χ3n) is 9.39. The maximum Gasteiger partial charge on any atom is 0.407 e. The van der Waals surface area contributed by atoms with Gasteiger partial charge in [0.05, 0.1) is 48.2 Å². The van der Waals surface area contributed by atoms with E-state index in [4.69, 9.17) is 14.5 Å². The molecule has 0 radical (unpaired) electrons. The van der Waals surface area contributed by atoms with E-state index in [2.05, 4.69) is 80.2 Å². The molecule has 0 aliphatic carbocycles. The summed E-state index contributed by atoms with van der Waals surface area (Å²) in [4.78, 5) is 43.9. The fourth-order valence-corrected chi connectivity index (χ4v) is 6.73. The average Bonchev–Trinajstić information content (AvgIpc) is 3.91. The minimum atomic E-state index is -0.870. The summed E-state index contributed by atoms with van der Waals surface area (Å²) in [6, 6.07) is 18.5. The largest absolute Gasteiger partial charge is 0.453 e. The molecule has 2 aliphatic heterocycles. The maximum absolute atomic E-state index is 13.6. The molecule has 11 nitrogen and oxygen atoms in total. The van der Waals surface area contributed by atoms with Crippen molar-refractivity contribution in [3.05, 3.63) is 72.4 Å². The number of carbonyl (C=O) groups is 2. The second-order valence-corrected chi connectivity index (χ2v) is 12.2. The predicted molar refractivity (Wildman–Crippen MR) is 176 cm³/mol. The molecule has 4 atom stereocenters. The van der Waals surface area contributed by atoms with Gasteiger partial charge in [-0.3, -0.25) is 4.79 Å². The van der Waals surface area contributed by atoms with Gasteiger partial charge in [0, 0.05) is 19.2 Å². The third kappa shape index (κ3) is 5.72. The Morgan fingerprint density at radius 1 is 0.935 bits per heavy atom. The first-order chi connectivity index (χ1) is 22.4. The van der Waals surface area contributed by atoms with Gasteiger partial charge in [0.25, 0.3) is 0 Å². The number of amides is 2. The van der Waals surface area contributed by atoms with Gasteiger partial charge in [-0.05, 0) is 85.3 Å². The Kier molecular flexibility index (Phi) is 8.18. The molecule has 0 saturated carbocycles. The monoisotopic (exact) mass is 621 g/mol. The Morgan fingerprint density at radius 3 is 2.46 bits per heavy atom. The van der Waals surface area contributed by atoms with Crippen LogP contribution in [0, 0.1) is 0 Å². The summed E-state index contributed by atoms with van der Waals surface area (Å²) in [5.41, 5.74) is 6.21. The molecule has 3 aromatic carbocycles. The van der Waals surface area contributed by atoms with Gasteiger partial charge in [0.15, 0.2) is 0 Å². The molecule has 2 amide bonds. The lowest BCUT2D eigenvalue weighted by molar-refractivity contribution is -0.137. The summed E-state index contributed by atoms with van der Waals surface area (Å²) in [5, 5.41) is 8.41. The van der Waals surface area contributed by atoms with Crippen molar-refractivity contribution in [2.24, 2.45) is 0 Å². The number of alkyl carbamates (subject to hydrolysis) is 1. The smallest absolute Gasteiger partial charge is 0.407 e. The predicted octanol–water partition coefficient (Wildman–Crippen LogP) is 5.62. The van der Waals surface area contributed by atoms with Crippen molar-refractivity contribution in [3.63, 3.8) is 0 Å². The van der Waals surface area contributed by atoms with E-state index in [1.54, 1.807) is 11.8 Å². The number of aromatic nitrogens is 4. The van der Waals surface area contributed by atoms with Gasteiger partial charge >= 0.3 is 6.09 Å². The zero-order valence-electron chi connectivity index (χ0n) is 26.3. The Labute approximate surface area is 267 Å². The van der Waals surface area contributed by atoms with Crippen molar-refractivity contribution >= 4 is 33.8 Å². The van der Waals surface area contributed by atoms with Crippen LogP contribution in [0.5, 0.6) is 0 Å². The second-order valence-electron chi connectivity index (χ2n) is 12.2. The Hall–Kier alpha value is -4.74. The van der Waals surface area contributed by atoms with E-state index in [1.165, 1.54) is 20.6 Å². The standard InChI is InChI=1S/C35H39N7O4/c1-20(45-2)31(41-35(44)46-3)34(43)42-15-5-7-30(42)33-37-19-29(40-33)25-11-10-21-16-22(8-9-23(21)17-25)24-12-13-26-28(18-24)39-32(38-26)27-6-4-14-36-27/h8-13,16-20,27,30-31,36H,4-7,14-15H2,1-3H3,(H,37,40)(H,38,39)(H,41,44)/t20-,27+,30?,31+/m1/s1. The number of likely N-dealkylation sites (tertiary alicyclic amines) is 1. The number of benzene rings is 3. The van der Waals surface area contributed by atoms with Crippen LogP contribution in [-0.2, 0) is 14.3 Å². The number of H-pyrrole nitrogens is 2. The van der Waals surface area contributed by atoms with Crippen molar-refractivity contribution < 1.29 is 19.1 Å². The number of carbonyl (C=O) groups excluding carboxylic acids is 2. The molecule has 46 heavy (non-hydrogen) atoms. The van der Waals surface area contributed by atoms with E-state index >= 15 is 0 Å². The van der Waals surface area contributed by atoms with Crippen LogP contribution < -0.4 is 10.6 Å². The summed E-state index contributed by atoms with van der Waals surface area (Å²) in [5.74, 6) is 1.52. The molecule has 0 bridgehead atoms. The topological polar surface area (TPSA) is 137 Å². The van der Waals surface area contributed by atoms with E-state index in [1.807, 2.05) is 6.20 Å². The van der Waals surface area contributed by atoms with Crippen LogP contribution in [0.2, 0.25) is 0 Å². The zero-order chi connectivity index (χ0) is 31.8. The number of methoxy groups -OCH3 is 2. The molecule has 4 N–H and O–H groups in total. The molecule has 0 spiro atoms. The van der Waals surface area contributed by atoms with Crippen LogP contribution in [0.25, 0.3) is 44.2 Å². The summed E-state index contributed by atoms with van der Waals surface area (Å²) in [6.07, 6.45) is 4.52. The Bertz CT molecular complexity index is 1890. The quantitative estimate of drug-likeness (QED) is 0.177. The van der Waals surface area contributed by atoms with Crippen molar-refractivity contribution in [3.8, 4) is 22.4 Å². The number of nitrogens with zero attached hydrogens (tertiary/aromatic N) is 3. The molecule has 11 heteroatoms. The molecular formula is C35H39N7O4. The van der Waals surface area contributed by atoms with Crippen LogP contribution in [-0.4, -0.2) is 76.3 Å². The van der Waals surface area contributed by atoms with E-state index in [9.17, 15) is 9.59 Å². The van der Waals surface area contributed by atoms with Gasteiger partial charge in [-0.15, -0.1) is 0 Å². The second kappa shape index (κ2) is 12.6. The number of ether oxygens (including phenoxy) is 2. The summed E-state index contributed by atoms with van der Waals surface area (Å²) < 4.78 is 10.1. The molecule has 2 fully saturated rings.